The van der Waals surface area contributed by atoms with E-state index < -0.39 is 0 Å². The van der Waals surface area contributed by atoms with E-state index in [0.717, 1.165) is 50.4 Å². The fraction of sp³-hybridized carbons (Fsp3) is 0.458. The van der Waals surface area contributed by atoms with E-state index in [2.05, 4.69) is 64.3 Å². The van der Waals surface area contributed by atoms with Crippen molar-refractivity contribution in [3.05, 3.63) is 70.8 Å². The van der Waals surface area contributed by atoms with Gasteiger partial charge in [-0.05, 0) is 65.6 Å². The first-order chi connectivity index (χ1) is 15.0. The molecule has 31 heavy (non-hydrogen) atoms. The Hall–Kier alpha value is -2.80. The zero-order valence-electron chi connectivity index (χ0n) is 18.6. The summed E-state index contributed by atoms with van der Waals surface area (Å²) in [7, 11) is 0. The van der Waals surface area contributed by atoms with Crippen molar-refractivity contribution in [2.75, 3.05) is 31.1 Å². The molecule has 164 valence electrons. The maximum absolute atomic E-state index is 13.3. The normalized spacial score (nSPS) is 15.9. The lowest BCUT2D eigenvalue weighted by Crippen LogP contribution is -2.48. The number of hydrogen-bond donors (Lipinski definition) is 0. The first-order valence-electron chi connectivity index (χ1n) is 11.1. The molecule has 0 aliphatic carbocycles. The minimum absolute atomic E-state index is 0.182. The number of rotatable bonds is 7. The molecule has 1 fully saturated rings. The molecule has 0 amide bonds. The number of halogens is 1. The van der Waals surface area contributed by atoms with Gasteiger partial charge in [0.05, 0.1) is 12.6 Å². The summed E-state index contributed by atoms with van der Waals surface area (Å²) in [5.74, 6) is 0.664. The lowest BCUT2D eigenvalue weighted by molar-refractivity contribution is 0.164. The van der Waals surface area contributed by atoms with Gasteiger partial charge in [-0.25, -0.2) is 9.07 Å². The fourth-order valence-corrected chi connectivity index (χ4v) is 4.41. The van der Waals surface area contributed by atoms with Crippen LogP contribution in [0.3, 0.4) is 0 Å². The van der Waals surface area contributed by atoms with Gasteiger partial charge < -0.3 is 4.90 Å². The van der Waals surface area contributed by atoms with Crippen molar-refractivity contribution >= 4 is 5.69 Å². The summed E-state index contributed by atoms with van der Waals surface area (Å²) in [6, 6.07) is 13.4. The molecule has 2 heterocycles. The van der Waals surface area contributed by atoms with Crippen LogP contribution in [0.2, 0.25) is 0 Å². The van der Waals surface area contributed by atoms with Crippen molar-refractivity contribution in [2.45, 2.75) is 46.2 Å². The average molecular weight is 423 g/mol. The quantitative estimate of drug-likeness (QED) is 0.573. The Balaban J connectivity index is 1.48. The van der Waals surface area contributed by atoms with Crippen LogP contribution in [-0.2, 0) is 6.54 Å². The van der Waals surface area contributed by atoms with Crippen molar-refractivity contribution in [1.29, 1.82) is 0 Å². The summed E-state index contributed by atoms with van der Waals surface area (Å²) >= 11 is 0. The number of piperazine rings is 1. The van der Waals surface area contributed by atoms with Crippen molar-refractivity contribution in [1.82, 2.24) is 25.1 Å². The van der Waals surface area contributed by atoms with Crippen LogP contribution in [0.5, 0.6) is 0 Å². The Bertz CT molecular complexity index is 992. The Morgan fingerprint density at radius 2 is 1.74 bits per heavy atom. The maximum atomic E-state index is 13.3. The van der Waals surface area contributed by atoms with Crippen molar-refractivity contribution < 1.29 is 4.39 Å². The van der Waals surface area contributed by atoms with Crippen LogP contribution in [0.25, 0.3) is 0 Å². The molecule has 3 aromatic rings. The molecule has 0 N–H and O–H groups in total. The highest BCUT2D eigenvalue weighted by Gasteiger charge is 2.29. The number of hydrogen-bond acceptors (Lipinski definition) is 5. The van der Waals surface area contributed by atoms with Crippen molar-refractivity contribution in [3.63, 3.8) is 0 Å². The van der Waals surface area contributed by atoms with E-state index >= 15 is 0 Å². The average Bonchev–Trinajstić information content (AvgIpc) is 3.23. The van der Waals surface area contributed by atoms with Crippen LogP contribution in [0.1, 0.15) is 48.3 Å². The predicted octanol–water partition coefficient (Wildman–Crippen LogP) is 4.14. The zero-order chi connectivity index (χ0) is 21.8. The second-order valence-corrected chi connectivity index (χ2v) is 8.44. The van der Waals surface area contributed by atoms with E-state index in [4.69, 9.17) is 0 Å². The molecule has 6 nitrogen and oxygen atoms in total. The number of nitrogens with zero attached hydrogens (tertiary/aromatic N) is 6. The lowest BCUT2D eigenvalue weighted by Gasteiger charge is -2.40. The molecule has 1 aliphatic heterocycles. The van der Waals surface area contributed by atoms with Crippen LogP contribution in [0.4, 0.5) is 10.1 Å². The number of anilines is 1. The molecule has 0 unspecified atom stereocenters. The first kappa shape index (κ1) is 21.4. The van der Waals surface area contributed by atoms with Crippen LogP contribution in [0.15, 0.2) is 42.5 Å². The second kappa shape index (κ2) is 9.56. The van der Waals surface area contributed by atoms with E-state index in [1.165, 1.54) is 28.9 Å². The molecular formula is C24H31FN6. The van der Waals surface area contributed by atoms with Gasteiger partial charge in [-0.2, -0.15) is 0 Å². The monoisotopic (exact) mass is 422 g/mol. The molecule has 2 aromatic carbocycles. The first-order valence-corrected chi connectivity index (χ1v) is 11.1. The molecule has 0 spiro atoms. The topological polar surface area (TPSA) is 50.1 Å². The van der Waals surface area contributed by atoms with Gasteiger partial charge in [-0.1, -0.05) is 37.6 Å². The van der Waals surface area contributed by atoms with Gasteiger partial charge in [-0.15, -0.1) is 5.10 Å². The number of aromatic nitrogens is 4. The molecule has 1 aromatic heterocycles. The summed E-state index contributed by atoms with van der Waals surface area (Å²) in [6.45, 7) is 11.0. The molecule has 0 radical (unpaired) electrons. The molecular weight excluding hydrogens is 391 g/mol. The molecule has 1 saturated heterocycles. The van der Waals surface area contributed by atoms with Gasteiger partial charge in [-0.3, -0.25) is 4.90 Å². The molecule has 1 atom stereocenters. The van der Waals surface area contributed by atoms with Gasteiger partial charge in [0, 0.05) is 31.9 Å². The van der Waals surface area contributed by atoms with Gasteiger partial charge in [0.15, 0.2) is 5.82 Å². The highest BCUT2D eigenvalue weighted by molar-refractivity contribution is 5.55. The van der Waals surface area contributed by atoms with Gasteiger partial charge >= 0.3 is 0 Å². The smallest absolute Gasteiger partial charge is 0.168 e. The van der Waals surface area contributed by atoms with Gasteiger partial charge in [0.25, 0.3) is 0 Å². The molecule has 0 bridgehead atoms. The van der Waals surface area contributed by atoms with E-state index in [1.54, 1.807) is 12.1 Å². The minimum Gasteiger partial charge on any atom is -0.369 e. The van der Waals surface area contributed by atoms with Crippen molar-refractivity contribution in [3.8, 4) is 0 Å². The number of aryl methyl sites for hydroxylation is 2. The third-order valence-electron chi connectivity index (χ3n) is 6.13. The summed E-state index contributed by atoms with van der Waals surface area (Å²) in [6.07, 6.45) is 2.07. The van der Waals surface area contributed by atoms with E-state index in [-0.39, 0.29) is 11.9 Å². The molecule has 0 saturated carbocycles. The minimum atomic E-state index is -0.230. The maximum Gasteiger partial charge on any atom is 0.168 e. The Labute approximate surface area is 183 Å². The highest BCUT2D eigenvalue weighted by atomic mass is 19.1. The molecule has 1 aliphatic rings. The summed E-state index contributed by atoms with van der Waals surface area (Å²) in [4.78, 5) is 5.00. The fourth-order valence-electron chi connectivity index (χ4n) is 4.41. The van der Waals surface area contributed by atoms with Gasteiger partial charge in [0.2, 0.25) is 0 Å². The number of tetrazole rings is 1. The van der Waals surface area contributed by atoms with E-state index in [9.17, 15) is 4.39 Å². The Morgan fingerprint density at radius 3 is 2.45 bits per heavy atom. The lowest BCUT2D eigenvalue weighted by atomic mass is 10.1. The Morgan fingerprint density at radius 1 is 1.00 bits per heavy atom. The highest BCUT2D eigenvalue weighted by Crippen LogP contribution is 2.28. The summed E-state index contributed by atoms with van der Waals surface area (Å²) in [5, 5.41) is 12.6. The molecule has 7 heteroatoms. The summed E-state index contributed by atoms with van der Waals surface area (Å²) in [5.41, 5.74) is 4.96. The van der Waals surface area contributed by atoms with E-state index in [1.807, 2.05) is 4.68 Å². The van der Waals surface area contributed by atoms with Gasteiger partial charge in [0.1, 0.15) is 5.82 Å². The standard InChI is InChI=1S/C24H31FN6/c1-4-5-22(24-26-27-28-31(24)17-20-8-10-21(25)11-9-20)29-12-14-30(15-13-29)23-16-18(2)6-7-19(23)3/h6-11,16,22H,4-5,12-15,17H2,1-3H3/t22-/m0/s1. The van der Waals surface area contributed by atoms with Crippen molar-refractivity contribution in [2.24, 2.45) is 0 Å². The van der Waals surface area contributed by atoms with Crippen LogP contribution in [0, 0.1) is 19.7 Å². The third kappa shape index (κ3) is 4.93. The van der Waals surface area contributed by atoms with E-state index in [0.29, 0.717) is 6.54 Å². The van der Waals surface area contributed by atoms with Crippen LogP contribution >= 0.6 is 0 Å². The second-order valence-electron chi connectivity index (χ2n) is 8.44. The third-order valence-corrected chi connectivity index (χ3v) is 6.13. The predicted molar refractivity (Wildman–Crippen MR) is 121 cm³/mol. The SMILES string of the molecule is CCC[C@@H](c1nnnn1Cc1ccc(F)cc1)N1CCN(c2cc(C)ccc2C)CC1. The zero-order valence-corrected chi connectivity index (χ0v) is 18.6. The van der Waals surface area contributed by atoms with Crippen LogP contribution in [-0.4, -0.2) is 51.3 Å². The Kier molecular flexibility index (Phi) is 6.61. The van der Waals surface area contributed by atoms with Crippen LogP contribution < -0.4 is 4.90 Å². The largest absolute Gasteiger partial charge is 0.369 e. The number of benzene rings is 2. The molecule has 4 rings (SSSR count). The summed E-state index contributed by atoms with van der Waals surface area (Å²) < 4.78 is 15.1.